The van der Waals surface area contributed by atoms with Gasteiger partial charge in [-0.1, -0.05) is 30.3 Å². The normalized spacial score (nSPS) is 19.7. The Bertz CT molecular complexity index is 436. The molecular formula is C17H26N2O2. The van der Waals surface area contributed by atoms with Crippen molar-refractivity contribution in [1.82, 2.24) is 10.2 Å². The van der Waals surface area contributed by atoms with Crippen LogP contribution in [0.15, 0.2) is 30.3 Å². The van der Waals surface area contributed by atoms with Crippen molar-refractivity contribution in [2.75, 3.05) is 19.7 Å². The third-order valence-electron chi connectivity index (χ3n) is 4.22. The highest BCUT2D eigenvalue weighted by molar-refractivity contribution is 5.77. The quantitative estimate of drug-likeness (QED) is 0.808. The molecule has 4 heteroatoms. The van der Waals surface area contributed by atoms with Gasteiger partial charge in [-0.2, -0.15) is 0 Å². The van der Waals surface area contributed by atoms with Gasteiger partial charge in [-0.25, -0.2) is 0 Å². The highest BCUT2D eigenvalue weighted by Crippen LogP contribution is 2.18. The van der Waals surface area contributed by atoms with Crippen LogP contribution in [0, 0.1) is 0 Å². The third kappa shape index (κ3) is 4.55. The summed E-state index contributed by atoms with van der Waals surface area (Å²) in [6.07, 6.45) is 3.44. The van der Waals surface area contributed by atoms with E-state index in [0.717, 1.165) is 24.9 Å². The molecule has 0 bridgehead atoms. The van der Waals surface area contributed by atoms with Gasteiger partial charge in [0.05, 0.1) is 0 Å². The summed E-state index contributed by atoms with van der Waals surface area (Å²) in [4.78, 5) is 14.2. The molecule has 2 atom stereocenters. The molecular weight excluding hydrogens is 264 g/mol. The van der Waals surface area contributed by atoms with E-state index < -0.39 is 0 Å². The van der Waals surface area contributed by atoms with Crippen molar-refractivity contribution in [3.8, 4) is 0 Å². The molecule has 1 heterocycles. The molecule has 2 N–H and O–H groups in total. The molecule has 1 aromatic carbocycles. The number of rotatable bonds is 7. The van der Waals surface area contributed by atoms with Crippen molar-refractivity contribution in [1.29, 1.82) is 0 Å². The van der Waals surface area contributed by atoms with E-state index in [0.29, 0.717) is 25.4 Å². The zero-order valence-electron chi connectivity index (χ0n) is 12.8. The molecule has 0 aromatic heterocycles. The van der Waals surface area contributed by atoms with Crippen LogP contribution in [0.1, 0.15) is 44.2 Å². The standard InChI is InChI=1S/C17H26N2O2/c1-14-6-5-12-19(14)17(21)9-11-18-16(10-13-20)15-7-3-2-4-8-15/h2-4,7-8,14,16,18,20H,5-6,9-13H2,1H3. The van der Waals surface area contributed by atoms with Crippen LogP contribution in [0.4, 0.5) is 0 Å². The largest absolute Gasteiger partial charge is 0.396 e. The number of nitrogens with one attached hydrogen (secondary N) is 1. The first-order valence-corrected chi connectivity index (χ1v) is 7.91. The number of benzene rings is 1. The average molecular weight is 290 g/mol. The lowest BCUT2D eigenvalue weighted by atomic mass is 10.0. The number of hydrogen-bond acceptors (Lipinski definition) is 3. The molecule has 2 unspecified atom stereocenters. The molecule has 0 saturated carbocycles. The second-order valence-electron chi connectivity index (χ2n) is 5.76. The summed E-state index contributed by atoms with van der Waals surface area (Å²) in [6.45, 7) is 3.82. The van der Waals surface area contributed by atoms with E-state index in [4.69, 9.17) is 0 Å². The van der Waals surface area contributed by atoms with Gasteiger partial charge in [-0.05, 0) is 31.7 Å². The van der Waals surface area contributed by atoms with Crippen LogP contribution in [-0.4, -0.2) is 41.7 Å². The van der Waals surface area contributed by atoms with Crippen LogP contribution in [0.5, 0.6) is 0 Å². The van der Waals surface area contributed by atoms with Gasteiger partial charge in [0.2, 0.25) is 5.91 Å². The highest BCUT2D eigenvalue weighted by Gasteiger charge is 2.24. The van der Waals surface area contributed by atoms with Gasteiger partial charge < -0.3 is 15.3 Å². The summed E-state index contributed by atoms with van der Waals surface area (Å²) in [5.41, 5.74) is 1.16. The van der Waals surface area contributed by atoms with Crippen LogP contribution in [0.3, 0.4) is 0 Å². The van der Waals surface area contributed by atoms with Gasteiger partial charge in [0.25, 0.3) is 0 Å². The number of amides is 1. The Morgan fingerprint density at radius 2 is 2.19 bits per heavy atom. The van der Waals surface area contributed by atoms with Crippen molar-refractivity contribution < 1.29 is 9.90 Å². The lowest BCUT2D eigenvalue weighted by Crippen LogP contribution is -2.36. The lowest BCUT2D eigenvalue weighted by Gasteiger charge is -2.23. The van der Waals surface area contributed by atoms with Gasteiger partial charge in [0.15, 0.2) is 0 Å². The Balaban J connectivity index is 1.81. The van der Waals surface area contributed by atoms with E-state index >= 15 is 0 Å². The Hall–Kier alpha value is -1.39. The maximum absolute atomic E-state index is 12.2. The molecule has 2 rings (SSSR count). The molecule has 0 spiro atoms. The third-order valence-corrected chi connectivity index (χ3v) is 4.22. The van der Waals surface area contributed by atoms with E-state index in [-0.39, 0.29) is 18.6 Å². The van der Waals surface area contributed by atoms with Crippen LogP contribution in [0.2, 0.25) is 0 Å². The molecule has 0 aliphatic carbocycles. The van der Waals surface area contributed by atoms with E-state index in [9.17, 15) is 9.90 Å². The van der Waals surface area contributed by atoms with E-state index in [2.05, 4.69) is 24.4 Å². The molecule has 1 fully saturated rings. The fourth-order valence-electron chi connectivity index (χ4n) is 3.00. The zero-order chi connectivity index (χ0) is 15.1. The van der Waals surface area contributed by atoms with Crippen LogP contribution >= 0.6 is 0 Å². The summed E-state index contributed by atoms with van der Waals surface area (Å²) in [7, 11) is 0. The van der Waals surface area contributed by atoms with Gasteiger partial charge in [0.1, 0.15) is 0 Å². The number of likely N-dealkylation sites (tertiary alicyclic amines) is 1. The monoisotopic (exact) mass is 290 g/mol. The smallest absolute Gasteiger partial charge is 0.224 e. The second kappa shape index (κ2) is 8.15. The number of carbonyl (C=O) groups is 1. The van der Waals surface area contributed by atoms with Crippen molar-refractivity contribution in [3.63, 3.8) is 0 Å². The molecule has 0 radical (unpaired) electrons. The maximum atomic E-state index is 12.2. The fraction of sp³-hybridized carbons (Fsp3) is 0.588. The van der Waals surface area contributed by atoms with E-state index in [1.54, 1.807) is 0 Å². The van der Waals surface area contributed by atoms with Gasteiger partial charge in [-0.3, -0.25) is 4.79 Å². The summed E-state index contributed by atoms with van der Waals surface area (Å²) >= 11 is 0. The van der Waals surface area contributed by atoms with Crippen molar-refractivity contribution >= 4 is 5.91 Å². The number of aliphatic hydroxyl groups is 1. The molecule has 1 aliphatic heterocycles. The molecule has 1 aliphatic rings. The second-order valence-corrected chi connectivity index (χ2v) is 5.76. The first kappa shape index (κ1) is 16.0. The minimum absolute atomic E-state index is 0.111. The first-order valence-electron chi connectivity index (χ1n) is 7.91. The minimum Gasteiger partial charge on any atom is -0.396 e. The number of hydrogen-bond donors (Lipinski definition) is 2. The minimum atomic E-state index is 0.111. The molecule has 1 aromatic rings. The zero-order valence-corrected chi connectivity index (χ0v) is 12.8. The van der Waals surface area contributed by atoms with Gasteiger partial charge in [0, 0.05) is 38.2 Å². The van der Waals surface area contributed by atoms with Crippen molar-refractivity contribution in [3.05, 3.63) is 35.9 Å². The lowest BCUT2D eigenvalue weighted by molar-refractivity contribution is -0.131. The highest BCUT2D eigenvalue weighted by atomic mass is 16.3. The van der Waals surface area contributed by atoms with Crippen LogP contribution in [0.25, 0.3) is 0 Å². The van der Waals surface area contributed by atoms with Gasteiger partial charge in [-0.15, -0.1) is 0 Å². The maximum Gasteiger partial charge on any atom is 0.224 e. The SMILES string of the molecule is CC1CCCN1C(=O)CCNC(CCO)c1ccccc1. The Kier molecular flexibility index (Phi) is 6.21. The first-order chi connectivity index (χ1) is 10.2. The van der Waals surface area contributed by atoms with E-state index in [1.165, 1.54) is 0 Å². The molecule has 1 amide bonds. The number of nitrogens with zero attached hydrogens (tertiary/aromatic N) is 1. The summed E-state index contributed by atoms with van der Waals surface area (Å²) in [5.74, 6) is 0.239. The molecule has 116 valence electrons. The topological polar surface area (TPSA) is 52.6 Å². The Morgan fingerprint density at radius 1 is 1.43 bits per heavy atom. The molecule has 1 saturated heterocycles. The number of carbonyl (C=O) groups excluding carboxylic acids is 1. The van der Waals surface area contributed by atoms with Gasteiger partial charge >= 0.3 is 0 Å². The Morgan fingerprint density at radius 3 is 2.81 bits per heavy atom. The summed E-state index contributed by atoms with van der Waals surface area (Å²) in [6, 6.07) is 10.6. The number of aliphatic hydroxyl groups excluding tert-OH is 1. The fourth-order valence-corrected chi connectivity index (χ4v) is 3.00. The van der Waals surface area contributed by atoms with Crippen LogP contribution in [-0.2, 0) is 4.79 Å². The van der Waals surface area contributed by atoms with Crippen LogP contribution < -0.4 is 5.32 Å². The van der Waals surface area contributed by atoms with Crippen molar-refractivity contribution in [2.45, 2.75) is 44.7 Å². The van der Waals surface area contributed by atoms with Crippen molar-refractivity contribution in [2.24, 2.45) is 0 Å². The predicted molar refractivity (Wildman–Crippen MR) is 83.9 cm³/mol. The molecule has 21 heavy (non-hydrogen) atoms. The Labute approximate surface area is 127 Å². The average Bonchev–Trinajstić information content (AvgIpc) is 2.93. The van der Waals surface area contributed by atoms with E-state index in [1.807, 2.05) is 23.1 Å². The summed E-state index contributed by atoms with van der Waals surface area (Å²) in [5, 5.41) is 12.6. The summed E-state index contributed by atoms with van der Waals surface area (Å²) < 4.78 is 0. The predicted octanol–water partition coefficient (Wildman–Crippen LogP) is 2.10. The molecule has 4 nitrogen and oxygen atoms in total.